The first kappa shape index (κ1) is 17.0. The number of amides is 1. The van der Waals surface area contributed by atoms with E-state index >= 15 is 0 Å². The molecular formula is C16H24N2O3S. The Kier molecular flexibility index (Phi) is 5.58. The summed E-state index contributed by atoms with van der Waals surface area (Å²) in [5.74, 6) is -0.175. The van der Waals surface area contributed by atoms with Crippen molar-refractivity contribution < 1.29 is 13.2 Å². The molecule has 1 aliphatic heterocycles. The molecule has 0 aromatic heterocycles. The summed E-state index contributed by atoms with van der Waals surface area (Å²) in [6.07, 6.45) is 2.99. The Labute approximate surface area is 132 Å². The Morgan fingerprint density at radius 2 is 1.91 bits per heavy atom. The molecule has 1 aliphatic rings. The molecule has 1 N–H and O–H groups in total. The van der Waals surface area contributed by atoms with E-state index in [1.807, 2.05) is 13.8 Å². The minimum Gasteiger partial charge on any atom is -0.352 e. The van der Waals surface area contributed by atoms with Crippen molar-refractivity contribution in [3.63, 3.8) is 0 Å². The molecule has 5 nitrogen and oxygen atoms in total. The lowest BCUT2D eigenvalue weighted by Gasteiger charge is -2.25. The Bertz CT molecular complexity index is 597. The molecule has 0 bridgehead atoms. The molecule has 22 heavy (non-hydrogen) atoms. The molecule has 1 atom stereocenters. The van der Waals surface area contributed by atoms with Crippen molar-refractivity contribution in [1.82, 2.24) is 9.62 Å². The van der Waals surface area contributed by atoms with Crippen molar-refractivity contribution >= 4 is 15.9 Å². The highest BCUT2D eigenvalue weighted by molar-refractivity contribution is 7.89. The van der Waals surface area contributed by atoms with Gasteiger partial charge in [0.1, 0.15) is 6.04 Å². The molecule has 0 aliphatic carbocycles. The van der Waals surface area contributed by atoms with Crippen LogP contribution < -0.4 is 5.32 Å². The maximum atomic E-state index is 12.7. The van der Waals surface area contributed by atoms with Gasteiger partial charge in [-0.05, 0) is 37.8 Å². The van der Waals surface area contributed by atoms with E-state index in [1.165, 1.54) is 4.31 Å². The van der Waals surface area contributed by atoms with Gasteiger partial charge in [-0.1, -0.05) is 32.0 Å². The van der Waals surface area contributed by atoms with Crippen LogP contribution in [0.1, 0.15) is 39.5 Å². The second-order valence-electron chi connectivity index (χ2n) is 5.61. The molecule has 0 saturated carbocycles. The number of carbonyl (C=O) groups excluding carboxylic acids is 1. The third kappa shape index (κ3) is 3.50. The van der Waals surface area contributed by atoms with Gasteiger partial charge in [0.15, 0.2) is 0 Å². The fraction of sp³-hybridized carbons (Fsp3) is 0.562. The zero-order valence-corrected chi connectivity index (χ0v) is 14.0. The van der Waals surface area contributed by atoms with Crippen LogP contribution in [0.2, 0.25) is 0 Å². The topological polar surface area (TPSA) is 66.5 Å². The molecule has 1 saturated heterocycles. The molecule has 0 radical (unpaired) electrons. The lowest BCUT2D eigenvalue weighted by Crippen LogP contribution is -2.48. The minimum absolute atomic E-state index is 0.106. The standard InChI is InChI=1S/C16H24N2O3S/c1-3-13(4-2)17-16(19)15-11-8-12-18(15)22(20,21)14-9-6-5-7-10-14/h5-7,9-10,13,15H,3-4,8,11-12H2,1-2H3,(H,17,19). The van der Waals surface area contributed by atoms with Gasteiger partial charge in [0.25, 0.3) is 0 Å². The molecule has 1 amide bonds. The van der Waals surface area contributed by atoms with Crippen molar-refractivity contribution in [2.24, 2.45) is 0 Å². The summed E-state index contributed by atoms with van der Waals surface area (Å²) in [6, 6.07) is 7.83. The fourth-order valence-corrected chi connectivity index (χ4v) is 4.49. The summed E-state index contributed by atoms with van der Waals surface area (Å²) in [4.78, 5) is 12.7. The summed E-state index contributed by atoms with van der Waals surface area (Å²) in [5.41, 5.74) is 0. The summed E-state index contributed by atoms with van der Waals surface area (Å²) >= 11 is 0. The van der Waals surface area contributed by atoms with Crippen LogP contribution in [0.25, 0.3) is 0 Å². The van der Waals surface area contributed by atoms with Crippen LogP contribution in [0.15, 0.2) is 35.2 Å². The molecule has 0 spiro atoms. The summed E-state index contributed by atoms with van der Waals surface area (Å²) < 4.78 is 26.8. The van der Waals surface area contributed by atoms with E-state index in [1.54, 1.807) is 30.3 Å². The lowest BCUT2D eigenvalue weighted by atomic mass is 10.1. The van der Waals surface area contributed by atoms with Crippen LogP contribution in [-0.4, -0.2) is 37.3 Å². The van der Waals surface area contributed by atoms with Gasteiger partial charge in [0, 0.05) is 12.6 Å². The van der Waals surface area contributed by atoms with Gasteiger partial charge in [-0.3, -0.25) is 4.79 Å². The van der Waals surface area contributed by atoms with Crippen LogP contribution in [0, 0.1) is 0 Å². The number of sulfonamides is 1. The van der Waals surface area contributed by atoms with Crippen LogP contribution >= 0.6 is 0 Å². The highest BCUT2D eigenvalue weighted by Gasteiger charge is 2.39. The number of hydrogen-bond donors (Lipinski definition) is 1. The maximum Gasteiger partial charge on any atom is 0.243 e. The van der Waals surface area contributed by atoms with Crippen molar-refractivity contribution in [3.05, 3.63) is 30.3 Å². The molecule has 2 rings (SSSR count). The van der Waals surface area contributed by atoms with E-state index in [-0.39, 0.29) is 16.8 Å². The summed E-state index contributed by atoms with van der Waals surface area (Å²) in [5, 5.41) is 2.97. The zero-order valence-electron chi connectivity index (χ0n) is 13.2. The Morgan fingerprint density at radius 3 is 2.50 bits per heavy atom. The van der Waals surface area contributed by atoms with Gasteiger partial charge in [0.05, 0.1) is 4.90 Å². The first-order valence-corrected chi connectivity index (χ1v) is 9.32. The summed E-state index contributed by atoms with van der Waals surface area (Å²) in [6.45, 7) is 4.43. The third-order valence-corrected chi connectivity index (χ3v) is 6.11. The van der Waals surface area contributed by atoms with Gasteiger partial charge in [-0.25, -0.2) is 8.42 Å². The van der Waals surface area contributed by atoms with Crippen LogP contribution in [0.4, 0.5) is 0 Å². The number of hydrogen-bond acceptors (Lipinski definition) is 3. The normalized spacial score (nSPS) is 19.5. The van der Waals surface area contributed by atoms with Crippen molar-refractivity contribution in [1.29, 1.82) is 0 Å². The average molecular weight is 324 g/mol. The van der Waals surface area contributed by atoms with Crippen LogP contribution in [0.5, 0.6) is 0 Å². The molecular weight excluding hydrogens is 300 g/mol. The Morgan fingerprint density at radius 1 is 1.27 bits per heavy atom. The molecule has 122 valence electrons. The van der Waals surface area contributed by atoms with E-state index in [4.69, 9.17) is 0 Å². The predicted molar refractivity (Wildman–Crippen MR) is 85.9 cm³/mol. The van der Waals surface area contributed by atoms with Crippen molar-refractivity contribution in [3.8, 4) is 0 Å². The monoisotopic (exact) mass is 324 g/mol. The van der Waals surface area contributed by atoms with E-state index in [2.05, 4.69) is 5.32 Å². The number of carbonyl (C=O) groups is 1. The van der Waals surface area contributed by atoms with E-state index in [9.17, 15) is 13.2 Å². The number of nitrogens with zero attached hydrogens (tertiary/aromatic N) is 1. The van der Waals surface area contributed by atoms with Gasteiger partial charge in [-0.2, -0.15) is 4.31 Å². The maximum absolute atomic E-state index is 12.7. The molecule has 1 aromatic rings. The average Bonchev–Trinajstić information content (AvgIpc) is 3.03. The van der Waals surface area contributed by atoms with Gasteiger partial charge in [0.2, 0.25) is 15.9 Å². The Balaban J connectivity index is 2.19. The SMILES string of the molecule is CCC(CC)NC(=O)C1CCCN1S(=O)(=O)c1ccccc1. The zero-order chi connectivity index (χ0) is 16.2. The third-order valence-electron chi connectivity index (χ3n) is 4.19. The summed E-state index contributed by atoms with van der Waals surface area (Å²) in [7, 11) is -3.61. The quantitative estimate of drug-likeness (QED) is 0.872. The minimum atomic E-state index is -3.61. The molecule has 6 heteroatoms. The number of nitrogens with one attached hydrogen (secondary N) is 1. The van der Waals surface area contributed by atoms with E-state index < -0.39 is 16.1 Å². The predicted octanol–water partition coefficient (Wildman–Crippen LogP) is 2.14. The molecule has 1 fully saturated rings. The van der Waals surface area contributed by atoms with E-state index in [0.717, 1.165) is 12.8 Å². The molecule has 1 unspecified atom stereocenters. The van der Waals surface area contributed by atoms with E-state index in [0.29, 0.717) is 19.4 Å². The first-order valence-electron chi connectivity index (χ1n) is 7.88. The van der Waals surface area contributed by atoms with Gasteiger partial charge < -0.3 is 5.32 Å². The van der Waals surface area contributed by atoms with Crippen LogP contribution in [0.3, 0.4) is 0 Å². The molecule has 1 heterocycles. The smallest absolute Gasteiger partial charge is 0.243 e. The molecule has 1 aromatic carbocycles. The highest BCUT2D eigenvalue weighted by Crippen LogP contribution is 2.26. The van der Waals surface area contributed by atoms with Crippen molar-refractivity contribution in [2.45, 2.75) is 56.5 Å². The lowest BCUT2D eigenvalue weighted by molar-refractivity contribution is -0.125. The second kappa shape index (κ2) is 7.24. The highest BCUT2D eigenvalue weighted by atomic mass is 32.2. The van der Waals surface area contributed by atoms with Crippen LogP contribution in [-0.2, 0) is 14.8 Å². The first-order chi connectivity index (χ1) is 10.5. The van der Waals surface area contributed by atoms with Gasteiger partial charge >= 0.3 is 0 Å². The fourth-order valence-electron chi connectivity index (χ4n) is 2.81. The Hall–Kier alpha value is -1.40. The number of benzene rings is 1. The number of rotatable bonds is 6. The van der Waals surface area contributed by atoms with Gasteiger partial charge in [-0.15, -0.1) is 0 Å². The second-order valence-corrected chi connectivity index (χ2v) is 7.50. The van der Waals surface area contributed by atoms with Crippen molar-refractivity contribution in [2.75, 3.05) is 6.54 Å². The largest absolute Gasteiger partial charge is 0.352 e.